The first-order valence-electron chi connectivity index (χ1n) is 17.2. The van der Waals surface area contributed by atoms with Gasteiger partial charge >= 0.3 is 5.97 Å². The standard InChI is InChI=1S/C39H56O4/c1-3-5-7-9-11-13-15-17-19-21-33-42-36-29-25-34(26-30-36)23-24-35-27-31-37(40)38(32-28-35)43-39(41)22-20-18-16-14-12-10-8-6-4-2/h25-32H,3-22,33H2,1-2H3. The van der Waals surface area contributed by atoms with Crippen molar-refractivity contribution >= 4 is 5.97 Å². The normalized spacial score (nSPS) is 10.7. The Morgan fingerprint density at radius 2 is 1.00 bits per heavy atom. The zero-order chi connectivity index (χ0) is 30.8. The van der Waals surface area contributed by atoms with E-state index >= 15 is 0 Å². The topological polar surface area (TPSA) is 52.6 Å². The highest BCUT2D eigenvalue weighted by molar-refractivity contribution is 5.72. The van der Waals surface area contributed by atoms with Crippen molar-refractivity contribution in [2.75, 3.05) is 6.61 Å². The summed E-state index contributed by atoms with van der Waals surface area (Å²) in [4.78, 5) is 24.7. The predicted octanol–water partition coefficient (Wildman–Crippen LogP) is 10.6. The zero-order valence-corrected chi connectivity index (χ0v) is 27.1. The Labute approximate surface area is 262 Å². The Morgan fingerprint density at radius 3 is 1.53 bits per heavy atom. The lowest BCUT2D eigenvalue weighted by Crippen LogP contribution is -2.12. The van der Waals surface area contributed by atoms with Gasteiger partial charge in [-0.25, -0.2) is 0 Å². The predicted molar refractivity (Wildman–Crippen MR) is 180 cm³/mol. The number of carbonyl (C=O) groups is 1. The van der Waals surface area contributed by atoms with Crippen LogP contribution in [0.25, 0.3) is 0 Å². The van der Waals surface area contributed by atoms with Crippen molar-refractivity contribution in [1.29, 1.82) is 0 Å². The molecule has 0 radical (unpaired) electrons. The van der Waals surface area contributed by atoms with Gasteiger partial charge in [0.05, 0.1) is 6.61 Å². The molecule has 2 aromatic rings. The molecular formula is C39H56O4. The van der Waals surface area contributed by atoms with E-state index in [1.54, 1.807) is 18.2 Å². The molecule has 236 valence electrons. The number of esters is 1. The van der Waals surface area contributed by atoms with E-state index in [4.69, 9.17) is 9.47 Å². The number of hydrogen-bond donors (Lipinski definition) is 0. The number of benzene rings is 1. The fourth-order valence-electron chi connectivity index (χ4n) is 5.03. The minimum atomic E-state index is -0.352. The molecule has 0 aromatic heterocycles. The van der Waals surface area contributed by atoms with E-state index in [2.05, 4.69) is 25.7 Å². The van der Waals surface area contributed by atoms with Gasteiger partial charge in [0.1, 0.15) is 5.75 Å². The highest BCUT2D eigenvalue weighted by atomic mass is 16.5. The molecule has 0 fully saturated rings. The van der Waals surface area contributed by atoms with Crippen molar-refractivity contribution in [2.24, 2.45) is 0 Å². The summed E-state index contributed by atoms with van der Waals surface area (Å²) in [6, 6.07) is 14.1. The molecule has 0 aliphatic heterocycles. The van der Waals surface area contributed by atoms with E-state index < -0.39 is 0 Å². The Morgan fingerprint density at radius 1 is 0.558 bits per heavy atom. The fraction of sp³-hybridized carbons (Fsp3) is 0.590. The maximum atomic E-state index is 12.4. The number of rotatable bonds is 23. The Bertz CT molecular complexity index is 1130. The van der Waals surface area contributed by atoms with Crippen LogP contribution in [0.1, 0.15) is 153 Å². The molecule has 0 saturated carbocycles. The minimum Gasteiger partial charge on any atom is -0.494 e. The molecule has 0 bridgehead atoms. The maximum absolute atomic E-state index is 12.4. The first-order chi connectivity index (χ1) is 21.1. The van der Waals surface area contributed by atoms with Gasteiger partial charge in [-0.3, -0.25) is 9.59 Å². The van der Waals surface area contributed by atoms with Crippen LogP contribution in [-0.4, -0.2) is 12.6 Å². The largest absolute Gasteiger partial charge is 0.494 e. The quantitative estimate of drug-likeness (QED) is 0.0736. The van der Waals surface area contributed by atoms with Crippen molar-refractivity contribution in [3.63, 3.8) is 0 Å². The summed E-state index contributed by atoms with van der Waals surface area (Å²) in [6.45, 7) is 5.23. The molecule has 4 heteroatoms. The van der Waals surface area contributed by atoms with Crippen molar-refractivity contribution in [1.82, 2.24) is 0 Å². The van der Waals surface area contributed by atoms with Crippen LogP contribution in [-0.2, 0) is 4.79 Å². The summed E-state index contributed by atoms with van der Waals surface area (Å²) >= 11 is 0. The van der Waals surface area contributed by atoms with E-state index in [0.29, 0.717) is 12.0 Å². The second kappa shape index (κ2) is 24.4. The molecule has 0 amide bonds. The highest BCUT2D eigenvalue weighted by Crippen LogP contribution is 2.15. The monoisotopic (exact) mass is 588 g/mol. The smallest absolute Gasteiger partial charge is 0.311 e. The van der Waals surface area contributed by atoms with Gasteiger partial charge in [-0.05, 0) is 61.4 Å². The molecule has 0 aliphatic rings. The lowest BCUT2D eigenvalue weighted by atomic mass is 10.1. The van der Waals surface area contributed by atoms with Crippen molar-refractivity contribution in [3.8, 4) is 23.3 Å². The fourth-order valence-corrected chi connectivity index (χ4v) is 5.03. The molecule has 2 rings (SSSR count). The zero-order valence-electron chi connectivity index (χ0n) is 27.1. The molecule has 0 aliphatic carbocycles. The SMILES string of the molecule is CCCCCCCCCCCCOc1ccc(C#Cc2ccc(OC(=O)CCCCCCCCCCC)c(=O)cc2)cc1. The van der Waals surface area contributed by atoms with Crippen LogP contribution in [0.2, 0.25) is 0 Å². The highest BCUT2D eigenvalue weighted by Gasteiger charge is 2.07. The van der Waals surface area contributed by atoms with E-state index in [-0.39, 0.29) is 17.1 Å². The molecule has 0 heterocycles. The first kappa shape index (κ1) is 36.1. The van der Waals surface area contributed by atoms with Crippen LogP contribution in [0.15, 0.2) is 53.3 Å². The Balaban J connectivity index is 1.67. The number of carbonyl (C=O) groups excluding carboxylic acids is 1. The van der Waals surface area contributed by atoms with Gasteiger partial charge in [0.25, 0.3) is 0 Å². The molecule has 0 spiro atoms. The van der Waals surface area contributed by atoms with Crippen molar-refractivity contribution in [3.05, 3.63) is 69.9 Å². The third-order valence-corrected chi connectivity index (χ3v) is 7.75. The van der Waals surface area contributed by atoms with E-state index in [1.807, 2.05) is 24.3 Å². The van der Waals surface area contributed by atoms with Gasteiger partial charge in [-0.2, -0.15) is 0 Å². The van der Waals surface area contributed by atoms with Crippen molar-refractivity contribution < 1.29 is 14.3 Å². The number of hydrogen-bond acceptors (Lipinski definition) is 4. The molecule has 43 heavy (non-hydrogen) atoms. The molecule has 0 unspecified atom stereocenters. The molecule has 0 atom stereocenters. The molecular weight excluding hydrogens is 532 g/mol. The maximum Gasteiger partial charge on any atom is 0.311 e. The summed E-state index contributed by atoms with van der Waals surface area (Å²) < 4.78 is 11.3. The second-order valence-electron chi connectivity index (χ2n) is 11.7. The van der Waals surface area contributed by atoms with Crippen LogP contribution in [0, 0.1) is 11.8 Å². The number of ether oxygens (including phenoxy) is 2. The molecule has 2 aromatic carbocycles. The van der Waals surface area contributed by atoms with Crippen LogP contribution in [0.5, 0.6) is 11.5 Å². The average Bonchev–Trinajstić information content (AvgIpc) is 3.19. The third-order valence-electron chi connectivity index (χ3n) is 7.75. The minimum absolute atomic E-state index is 0.0536. The van der Waals surface area contributed by atoms with Gasteiger partial charge in [0, 0.05) is 17.5 Å². The van der Waals surface area contributed by atoms with Crippen LogP contribution >= 0.6 is 0 Å². The summed E-state index contributed by atoms with van der Waals surface area (Å²) in [7, 11) is 0. The van der Waals surface area contributed by atoms with Gasteiger partial charge in [0.2, 0.25) is 5.43 Å². The van der Waals surface area contributed by atoms with Crippen LogP contribution in [0.3, 0.4) is 0 Å². The van der Waals surface area contributed by atoms with Crippen molar-refractivity contribution in [2.45, 2.75) is 142 Å². The van der Waals surface area contributed by atoms with E-state index in [1.165, 1.54) is 102 Å². The third kappa shape index (κ3) is 18.3. The van der Waals surface area contributed by atoms with Crippen LogP contribution < -0.4 is 14.9 Å². The molecule has 0 saturated heterocycles. The molecule has 0 N–H and O–H groups in total. The van der Waals surface area contributed by atoms with Gasteiger partial charge in [-0.1, -0.05) is 135 Å². The summed E-state index contributed by atoms with van der Waals surface area (Å²) in [5.41, 5.74) is 1.23. The summed E-state index contributed by atoms with van der Waals surface area (Å²) in [5, 5.41) is 0. The first-order valence-corrected chi connectivity index (χ1v) is 17.2. The lowest BCUT2D eigenvalue weighted by Gasteiger charge is -2.06. The molecule has 4 nitrogen and oxygen atoms in total. The lowest BCUT2D eigenvalue weighted by molar-refractivity contribution is -0.134. The Hall–Kier alpha value is -3.06. The van der Waals surface area contributed by atoms with Gasteiger partial charge < -0.3 is 9.47 Å². The summed E-state index contributed by atoms with van der Waals surface area (Å²) in [6.07, 6.45) is 24.1. The average molecular weight is 589 g/mol. The van der Waals surface area contributed by atoms with Gasteiger partial charge in [0.15, 0.2) is 5.75 Å². The summed E-state index contributed by atoms with van der Waals surface area (Å²) in [5.74, 6) is 6.80. The van der Waals surface area contributed by atoms with E-state index in [0.717, 1.165) is 43.6 Å². The Kier molecular flexibility index (Phi) is 20.5. The van der Waals surface area contributed by atoms with Crippen LogP contribution in [0.4, 0.5) is 0 Å². The number of unbranched alkanes of at least 4 members (excludes halogenated alkanes) is 17. The van der Waals surface area contributed by atoms with Gasteiger partial charge in [-0.15, -0.1) is 0 Å². The second-order valence-corrected chi connectivity index (χ2v) is 11.7. The van der Waals surface area contributed by atoms with E-state index in [9.17, 15) is 9.59 Å².